The molecule has 6 nitrogen and oxygen atoms in total. The van der Waals surface area contributed by atoms with Crippen LogP contribution in [-0.4, -0.2) is 23.0 Å². The van der Waals surface area contributed by atoms with Gasteiger partial charge in [-0.3, -0.25) is 4.79 Å². The Morgan fingerprint density at radius 3 is 2.17 bits per heavy atom. The molecule has 0 radical (unpaired) electrons. The Bertz CT molecular complexity index is 1090. The molecular formula is C23H19N3O3S. The number of carbonyl (C=O) groups is 2. The molecule has 3 rings (SSSR count). The van der Waals surface area contributed by atoms with Crippen LogP contribution in [0.25, 0.3) is 10.4 Å². The second-order valence-electron chi connectivity index (χ2n) is 6.45. The summed E-state index contributed by atoms with van der Waals surface area (Å²) >= 11 is 1.15. The molecule has 1 heterocycles. The van der Waals surface area contributed by atoms with Crippen LogP contribution in [0.1, 0.15) is 39.4 Å². The maximum atomic E-state index is 13.2. The Balaban J connectivity index is 0.00000155. The van der Waals surface area contributed by atoms with Crippen LogP contribution >= 0.6 is 11.3 Å². The predicted octanol–water partition coefficient (Wildman–Crippen LogP) is 5.18. The number of benzene rings is 2. The van der Waals surface area contributed by atoms with E-state index in [1.807, 2.05) is 50.2 Å². The van der Waals surface area contributed by atoms with Crippen molar-refractivity contribution in [1.29, 1.82) is 10.5 Å². The van der Waals surface area contributed by atoms with Crippen molar-refractivity contribution in [2.45, 2.75) is 19.9 Å². The van der Waals surface area contributed by atoms with Crippen LogP contribution in [0.3, 0.4) is 0 Å². The molecule has 0 aliphatic heterocycles. The van der Waals surface area contributed by atoms with E-state index < -0.39 is 5.97 Å². The van der Waals surface area contributed by atoms with Gasteiger partial charge in [0.1, 0.15) is 4.88 Å². The summed E-state index contributed by atoms with van der Waals surface area (Å²) in [5, 5.41) is 25.2. The van der Waals surface area contributed by atoms with E-state index in [-0.39, 0.29) is 16.8 Å². The number of carbonyl (C=O) groups excluding carboxylic acids is 1. The van der Waals surface area contributed by atoms with Crippen molar-refractivity contribution in [3.05, 3.63) is 76.7 Å². The molecule has 7 heteroatoms. The molecule has 0 aliphatic carbocycles. The zero-order chi connectivity index (χ0) is 22.3. The highest BCUT2D eigenvalue weighted by Gasteiger charge is 2.28. The van der Waals surface area contributed by atoms with Crippen molar-refractivity contribution >= 4 is 28.9 Å². The minimum absolute atomic E-state index is 0.120. The molecule has 3 aromatic rings. The van der Waals surface area contributed by atoms with Crippen molar-refractivity contribution in [3.63, 3.8) is 0 Å². The first-order chi connectivity index (χ1) is 14.4. The first-order valence-electron chi connectivity index (χ1n) is 8.94. The highest BCUT2D eigenvalue weighted by Crippen LogP contribution is 2.38. The zero-order valence-corrected chi connectivity index (χ0v) is 17.3. The van der Waals surface area contributed by atoms with E-state index in [0.29, 0.717) is 16.8 Å². The summed E-state index contributed by atoms with van der Waals surface area (Å²) in [7, 11) is 0. The third kappa shape index (κ3) is 4.72. The number of rotatable bonds is 5. The number of hydrogen-bond donors (Lipinski definition) is 1. The van der Waals surface area contributed by atoms with Crippen LogP contribution in [0.4, 0.5) is 5.69 Å². The summed E-state index contributed by atoms with van der Waals surface area (Å²) < 4.78 is 0. The number of amides is 1. The molecule has 0 aliphatic rings. The quantitative estimate of drug-likeness (QED) is 0.616. The lowest BCUT2D eigenvalue weighted by atomic mass is 10.1. The van der Waals surface area contributed by atoms with Crippen molar-refractivity contribution < 1.29 is 14.7 Å². The van der Waals surface area contributed by atoms with Gasteiger partial charge in [0, 0.05) is 23.1 Å². The van der Waals surface area contributed by atoms with E-state index in [1.165, 1.54) is 4.90 Å². The van der Waals surface area contributed by atoms with E-state index in [0.717, 1.165) is 21.8 Å². The largest absolute Gasteiger partial charge is 0.477 e. The molecule has 2 aromatic carbocycles. The minimum Gasteiger partial charge on any atom is -0.477 e. The van der Waals surface area contributed by atoms with Crippen LogP contribution in [0, 0.1) is 23.2 Å². The third-order valence-corrected chi connectivity index (χ3v) is 5.38. The zero-order valence-electron chi connectivity index (χ0n) is 16.4. The van der Waals surface area contributed by atoms with E-state index in [1.54, 1.807) is 30.3 Å². The number of hydrogen-bond acceptors (Lipinski definition) is 5. The van der Waals surface area contributed by atoms with Gasteiger partial charge in [-0.1, -0.05) is 30.3 Å². The average Bonchev–Trinajstić information content (AvgIpc) is 3.21. The number of carboxylic acid groups (broad SMARTS) is 1. The normalized spacial score (nSPS) is 9.87. The summed E-state index contributed by atoms with van der Waals surface area (Å²) in [6.07, 6.45) is 0. The Labute approximate surface area is 178 Å². The number of thiophene rings is 1. The number of carboxylic acids is 1. The van der Waals surface area contributed by atoms with E-state index in [9.17, 15) is 14.7 Å². The van der Waals surface area contributed by atoms with Crippen LogP contribution in [0.2, 0.25) is 0 Å². The SMILES string of the molecule is C#N.CC(C)N(C(=O)c1ccc(C#N)cc1)c1cc(-c2ccccc2)sc1C(=O)O. The Kier molecular flexibility index (Phi) is 7.46. The van der Waals surface area contributed by atoms with Gasteiger partial charge < -0.3 is 10.0 Å². The summed E-state index contributed by atoms with van der Waals surface area (Å²) in [4.78, 5) is 27.4. The monoisotopic (exact) mass is 417 g/mol. The Morgan fingerprint density at radius 2 is 1.67 bits per heavy atom. The lowest BCUT2D eigenvalue weighted by Crippen LogP contribution is -2.37. The molecule has 30 heavy (non-hydrogen) atoms. The first kappa shape index (κ1) is 22.4. The fraction of sp³-hybridized carbons (Fsp3) is 0.130. The van der Waals surface area contributed by atoms with E-state index in [2.05, 4.69) is 6.57 Å². The molecule has 1 aromatic heterocycles. The van der Waals surface area contributed by atoms with Gasteiger partial charge in [-0.2, -0.15) is 5.26 Å². The molecule has 0 atom stereocenters. The van der Waals surface area contributed by atoms with Gasteiger partial charge in [-0.15, -0.1) is 11.3 Å². The van der Waals surface area contributed by atoms with Gasteiger partial charge in [0.05, 0.1) is 17.3 Å². The fourth-order valence-corrected chi connectivity index (χ4v) is 3.90. The van der Waals surface area contributed by atoms with Gasteiger partial charge in [-0.05, 0) is 49.7 Å². The fourth-order valence-electron chi connectivity index (χ4n) is 2.91. The highest BCUT2D eigenvalue weighted by atomic mass is 32.1. The number of nitriles is 2. The number of anilines is 1. The van der Waals surface area contributed by atoms with Crippen LogP contribution in [-0.2, 0) is 0 Å². The second-order valence-corrected chi connectivity index (χ2v) is 7.51. The first-order valence-corrected chi connectivity index (χ1v) is 9.76. The molecular weight excluding hydrogens is 398 g/mol. The summed E-state index contributed by atoms with van der Waals surface area (Å²) in [6.45, 7) is 7.18. The molecule has 150 valence electrons. The van der Waals surface area contributed by atoms with Gasteiger partial charge in [0.2, 0.25) is 0 Å². The van der Waals surface area contributed by atoms with Crippen LogP contribution < -0.4 is 4.90 Å². The second kappa shape index (κ2) is 10.0. The molecule has 0 saturated carbocycles. The van der Waals surface area contributed by atoms with E-state index >= 15 is 0 Å². The van der Waals surface area contributed by atoms with Crippen molar-refractivity contribution in [3.8, 4) is 23.1 Å². The lowest BCUT2D eigenvalue weighted by molar-refractivity contribution is 0.0703. The molecule has 0 unspecified atom stereocenters. The molecule has 0 spiro atoms. The van der Waals surface area contributed by atoms with Gasteiger partial charge in [0.15, 0.2) is 0 Å². The summed E-state index contributed by atoms with van der Waals surface area (Å²) in [5.41, 5.74) is 2.13. The van der Waals surface area contributed by atoms with Gasteiger partial charge >= 0.3 is 5.97 Å². The topological polar surface area (TPSA) is 105 Å². The Morgan fingerprint density at radius 1 is 1.07 bits per heavy atom. The lowest BCUT2D eigenvalue weighted by Gasteiger charge is -2.26. The third-order valence-electron chi connectivity index (χ3n) is 4.22. The van der Waals surface area contributed by atoms with Gasteiger partial charge in [0.25, 0.3) is 5.91 Å². The number of nitrogens with zero attached hydrogens (tertiary/aromatic N) is 3. The molecule has 1 N–H and O–H groups in total. The molecule has 0 saturated heterocycles. The summed E-state index contributed by atoms with van der Waals surface area (Å²) in [5.74, 6) is -1.38. The average molecular weight is 417 g/mol. The maximum absolute atomic E-state index is 13.2. The maximum Gasteiger partial charge on any atom is 0.348 e. The summed E-state index contributed by atoms with van der Waals surface area (Å²) in [6, 6.07) is 19.3. The molecule has 0 bridgehead atoms. The highest BCUT2D eigenvalue weighted by molar-refractivity contribution is 7.18. The minimum atomic E-state index is -1.07. The smallest absolute Gasteiger partial charge is 0.348 e. The number of aromatic carboxylic acids is 1. The van der Waals surface area contributed by atoms with Crippen LogP contribution in [0.5, 0.6) is 0 Å². The Hall–Kier alpha value is -3.94. The van der Waals surface area contributed by atoms with Crippen LogP contribution in [0.15, 0.2) is 60.7 Å². The molecule has 0 fully saturated rings. The standard InChI is InChI=1S/C22H18N2O3S.CHN/c1-14(2)24(21(25)17-10-8-15(13-23)9-11-17)18-12-19(28-20(18)22(26)27)16-6-4-3-5-7-16;1-2/h3-12,14H,1-2H3,(H,26,27);1H. The van der Waals surface area contributed by atoms with Crippen molar-refractivity contribution in [2.75, 3.05) is 4.90 Å². The van der Waals surface area contributed by atoms with E-state index in [4.69, 9.17) is 10.5 Å². The van der Waals surface area contributed by atoms with Gasteiger partial charge in [-0.25, -0.2) is 10.1 Å². The van der Waals surface area contributed by atoms with Crippen molar-refractivity contribution in [2.24, 2.45) is 0 Å². The molecule has 1 amide bonds. The predicted molar refractivity (Wildman–Crippen MR) is 116 cm³/mol. The van der Waals surface area contributed by atoms with Crippen molar-refractivity contribution in [1.82, 2.24) is 0 Å².